The highest BCUT2D eigenvalue weighted by Crippen LogP contribution is 2.20. The number of benzene rings is 2. The third-order valence-corrected chi connectivity index (χ3v) is 5.96. The fourth-order valence-corrected chi connectivity index (χ4v) is 3.93. The van der Waals surface area contributed by atoms with Gasteiger partial charge in [0.05, 0.1) is 24.5 Å². The van der Waals surface area contributed by atoms with E-state index >= 15 is 0 Å². The average molecular weight is 507 g/mol. The van der Waals surface area contributed by atoms with Crippen molar-refractivity contribution in [2.45, 2.75) is 44.7 Å². The molecule has 0 heterocycles. The molecule has 0 aromatic heterocycles. The number of carbonyl (C=O) groups excluding carboxylic acids is 3. The number of aliphatic hydroxyl groups excluding tert-OH is 1. The second-order valence-electron chi connectivity index (χ2n) is 9.09. The molecule has 0 fully saturated rings. The van der Waals surface area contributed by atoms with Crippen LogP contribution in [0.3, 0.4) is 0 Å². The van der Waals surface area contributed by atoms with Gasteiger partial charge in [-0.25, -0.2) is 0 Å². The van der Waals surface area contributed by atoms with Crippen molar-refractivity contribution in [1.29, 1.82) is 0 Å². The summed E-state index contributed by atoms with van der Waals surface area (Å²) in [6, 6.07) is 18.0. The number of ether oxygens (including phenoxy) is 1. The number of hydrogen-bond acceptors (Lipinski definition) is 5. The SMILES string of the molecule is C=CC[C@H](CC(=O)N[C@H](C)CO)C(=O)N[C@H](COC(=O)[C@@H](CC=C)Cc1ccccc1)c1ccccc1. The standard InChI is InChI=1S/C30H38N2O5/c1-4-12-25(19-28(34)31-22(3)20-33)29(35)32-27(24-16-10-7-11-17-24)21-37-30(36)26(13-5-2)18-23-14-8-6-9-15-23/h4-11,14-17,22,25-27,33H,1-2,12-13,18-21H2,3H3,(H,31,34)(H,32,35)/t22-,25-,26+,27-/m1/s1. The number of rotatable bonds is 16. The van der Waals surface area contributed by atoms with Gasteiger partial charge >= 0.3 is 5.97 Å². The van der Waals surface area contributed by atoms with Crippen molar-refractivity contribution >= 4 is 17.8 Å². The van der Waals surface area contributed by atoms with E-state index in [1.54, 1.807) is 19.1 Å². The largest absolute Gasteiger partial charge is 0.463 e. The number of aliphatic hydroxyl groups is 1. The van der Waals surface area contributed by atoms with Crippen LogP contribution in [0, 0.1) is 11.8 Å². The molecule has 2 rings (SSSR count). The topological polar surface area (TPSA) is 105 Å². The fraction of sp³-hybridized carbons (Fsp3) is 0.367. The van der Waals surface area contributed by atoms with Gasteiger partial charge in [-0.15, -0.1) is 13.2 Å². The second-order valence-corrected chi connectivity index (χ2v) is 9.09. The predicted molar refractivity (Wildman–Crippen MR) is 144 cm³/mol. The summed E-state index contributed by atoms with van der Waals surface area (Å²) in [7, 11) is 0. The maximum atomic E-state index is 13.2. The molecule has 0 bridgehead atoms. The molecule has 0 unspecified atom stereocenters. The van der Waals surface area contributed by atoms with Crippen molar-refractivity contribution in [3.63, 3.8) is 0 Å². The van der Waals surface area contributed by atoms with Crippen molar-refractivity contribution in [2.24, 2.45) is 11.8 Å². The van der Waals surface area contributed by atoms with Crippen LogP contribution in [0.15, 0.2) is 86.0 Å². The quantitative estimate of drug-likeness (QED) is 0.237. The van der Waals surface area contributed by atoms with Crippen molar-refractivity contribution in [3.05, 3.63) is 97.1 Å². The van der Waals surface area contributed by atoms with Gasteiger partial charge in [-0.3, -0.25) is 14.4 Å². The van der Waals surface area contributed by atoms with Crippen LogP contribution in [0.5, 0.6) is 0 Å². The summed E-state index contributed by atoms with van der Waals surface area (Å²) in [5.41, 5.74) is 1.81. The summed E-state index contributed by atoms with van der Waals surface area (Å²) in [5, 5.41) is 14.8. The van der Waals surface area contributed by atoms with Gasteiger partial charge in [0.1, 0.15) is 6.61 Å². The first-order valence-electron chi connectivity index (χ1n) is 12.6. The molecule has 0 aliphatic carbocycles. The number of esters is 1. The van der Waals surface area contributed by atoms with E-state index in [-0.39, 0.29) is 37.4 Å². The lowest BCUT2D eigenvalue weighted by atomic mass is 9.96. The number of allylic oxidation sites excluding steroid dienone is 2. The summed E-state index contributed by atoms with van der Waals surface area (Å²) in [6.07, 6.45) is 4.53. The van der Waals surface area contributed by atoms with Gasteiger partial charge in [-0.1, -0.05) is 72.8 Å². The van der Waals surface area contributed by atoms with E-state index in [1.807, 2.05) is 60.7 Å². The van der Waals surface area contributed by atoms with Crippen LogP contribution < -0.4 is 10.6 Å². The number of amides is 2. The van der Waals surface area contributed by atoms with Crippen molar-refractivity contribution in [2.75, 3.05) is 13.2 Å². The monoisotopic (exact) mass is 506 g/mol. The smallest absolute Gasteiger partial charge is 0.309 e. The van der Waals surface area contributed by atoms with Gasteiger partial charge in [0.25, 0.3) is 0 Å². The van der Waals surface area contributed by atoms with Crippen LogP contribution in [0.25, 0.3) is 0 Å². The van der Waals surface area contributed by atoms with Crippen molar-refractivity contribution < 1.29 is 24.2 Å². The Morgan fingerprint density at radius 1 is 0.919 bits per heavy atom. The van der Waals surface area contributed by atoms with E-state index in [4.69, 9.17) is 4.74 Å². The Bertz CT molecular complexity index is 1010. The Morgan fingerprint density at radius 3 is 2.11 bits per heavy atom. The Hall–Kier alpha value is -3.71. The molecular weight excluding hydrogens is 468 g/mol. The van der Waals surface area contributed by atoms with Crippen LogP contribution in [0.2, 0.25) is 0 Å². The fourth-order valence-electron chi connectivity index (χ4n) is 3.93. The first-order valence-corrected chi connectivity index (χ1v) is 12.6. The molecule has 37 heavy (non-hydrogen) atoms. The van der Waals surface area contributed by atoms with Crippen LogP contribution in [0.1, 0.15) is 43.4 Å². The van der Waals surface area contributed by atoms with Gasteiger partial charge in [0.2, 0.25) is 11.8 Å². The summed E-state index contributed by atoms with van der Waals surface area (Å²) in [4.78, 5) is 38.5. The number of hydrogen-bond donors (Lipinski definition) is 3. The summed E-state index contributed by atoms with van der Waals surface area (Å²) in [6.45, 7) is 8.91. The Kier molecular flexibility index (Phi) is 12.9. The van der Waals surface area contributed by atoms with Crippen LogP contribution in [-0.4, -0.2) is 42.1 Å². The minimum absolute atomic E-state index is 0.0500. The van der Waals surface area contributed by atoms with E-state index in [0.717, 1.165) is 11.1 Å². The molecule has 0 spiro atoms. The minimum atomic E-state index is -0.656. The van der Waals surface area contributed by atoms with E-state index in [0.29, 0.717) is 19.3 Å². The molecular formula is C30H38N2O5. The maximum absolute atomic E-state index is 13.2. The Labute approximate surface area is 219 Å². The molecule has 0 aliphatic rings. The maximum Gasteiger partial charge on any atom is 0.309 e. The van der Waals surface area contributed by atoms with E-state index in [9.17, 15) is 19.5 Å². The third kappa shape index (κ3) is 10.4. The molecule has 0 saturated carbocycles. The summed E-state index contributed by atoms with van der Waals surface area (Å²) >= 11 is 0. The first kappa shape index (κ1) is 29.5. The van der Waals surface area contributed by atoms with Gasteiger partial charge in [-0.05, 0) is 37.3 Å². The molecule has 2 amide bonds. The molecule has 198 valence electrons. The molecule has 0 aliphatic heterocycles. The lowest BCUT2D eigenvalue weighted by Crippen LogP contribution is -2.41. The molecule has 7 heteroatoms. The van der Waals surface area contributed by atoms with Crippen molar-refractivity contribution in [3.8, 4) is 0 Å². The zero-order valence-corrected chi connectivity index (χ0v) is 21.5. The van der Waals surface area contributed by atoms with E-state index < -0.39 is 23.9 Å². The van der Waals surface area contributed by atoms with Gasteiger partial charge < -0.3 is 20.5 Å². The highest BCUT2D eigenvalue weighted by Gasteiger charge is 2.26. The molecule has 3 N–H and O–H groups in total. The molecule has 4 atom stereocenters. The average Bonchev–Trinajstić information content (AvgIpc) is 2.91. The molecule has 2 aromatic rings. The molecule has 7 nitrogen and oxygen atoms in total. The van der Waals surface area contributed by atoms with Gasteiger partial charge in [0.15, 0.2) is 0 Å². The normalized spacial score (nSPS) is 13.9. The van der Waals surface area contributed by atoms with Gasteiger partial charge in [0, 0.05) is 12.5 Å². The minimum Gasteiger partial charge on any atom is -0.463 e. The highest BCUT2D eigenvalue weighted by atomic mass is 16.5. The molecule has 0 saturated heterocycles. The predicted octanol–water partition coefficient (Wildman–Crippen LogP) is 3.90. The second kappa shape index (κ2) is 16.1. The summed E-state index contributed by atoms with van der Waals surface area (Å²) in [5.74, 6) is -2.09. The van der Waals surface area contributed by atoms with Gasteiger partial charge in [-0.2, -0.15) is 0 Å². The Morgan fingerprint density at radius 2 is 1.51 bits per heavy atom. The zero-order valence-electron chi connectivity index (χ0n) is 21.5. The number of carbonyl (C=O) groups is 3. The summed E-state index contributed by atoms with van der Waals surface area (Å²) < 4.78 is 5.71. The molecule has 2 aromatic carbocycles. The third-order valence-electron chi connectivity index (χ3n) is 5.96. The lowest BCUT2D eigenvalue weighted by Gasteiger charge is -2.24. The lowest BCUT2D eigenvalue weighted by molar-refractivity contribution is -0.150. The van der Waals surface area contributed by atoms with E-state index in [2.05, 4.69) is 23.8 Å². The number of nitrogens with one attached hydrogen (secondary N) is 2. The zero-order chi connectivity index (χ0) is 27.0. The van der Waals surface area contributed by atoms with Crippen LogP contribution >= 0.6 is 0 Å². The van der Waals surface area contributed by atoms with Crippen LogP contribution in [0.4, 0.5) is 0 Å². The van der Waals surface area contributed by atoms with Crippen molar-refractivity contribution in [1.82, 2.24) is 10.6 Å². The van der Waals surface area contributed by atoms with Crippen LogP contribution in [-0.2, 0) is 25.5 Å². The highest BCUT2D eigenvalue weighted by molar-refractivity contribution is 5.86. The Balaban J connectivity index is 2.11. The first-order chi connectivity index (χ1) is 17.9. The molecule has 0 radical (unpaired) electrons. The van der Waals surface area contributed by atoms with E-state index in [1.165, 1.54) is 0 Å².